The number of nitrogens with two attached hydrogens (primary N) is 1. The summed E-state index contributed by atoms with van der Waals surface area (Å²) in [5.74, 6) is -0.0986. The molecule has 0 spiro atoms. The van der Waals surface area contributed by atoms with Gasteiger partial charge in [-0.2, -0.15) is 0 Å². The summed E-state index contributed by atoms with van der Waals surface area (Å²) < 4.78 is 0. The van der Waals surface area contributed by atoms with E-state index in [0.717, 1.165) is 36.8 Å². The molecule has 4 rings (SSSR count). The van der Waals surface area contributed by atoms with Gasteiger partial charge in [0.25, 0.3) is 11.8 Å². The Hall–Kier alpha value is -2.92. The molecule has 0 radical (unpaired) electrons. The number of carbonyl (C=O) groups excluding carboxylic acids is 2. The second kappa shape index (κ2) is 8.21. The van der Waals surface area contributed by atoms with Crippen LogP contribution in [0.25, 0.3) is 0 Å². The topological polar surface area (TPSA) is 72.2 Å². The predicted molar refractivity (Wildman–Crippen MR) is 118 cm³/mol. The van der Waals surface area contributed by atoms with Gasteiger partial charge in [-0.25, -0.2) is 0 Å². The van der Waals surface area contributed by atoms with E-state index in [1.807, 2.05) is 42.5 Å². The zero-order valence-electron chi connectivity index (χ0n) is 16.4. The number of primary amides is 1. The molecule has 1 aliphatic carbocycles. The van der Waals surface area contributed by atoms with E-state index in [4.69, 9.17) is 5.73 Å². The van der Waals surface area contributed by atoms with E-state index in [1.165, 1.54) is 21.8 Å². The van der Waals surface area contributed by atoms with Crippen LogP contribution in [0.1, 0.15) is 55.6 Å². The van der Waals surface area contributed by atoms with Crippen LogP contribution in [-0.4, -0.2) is 11.8 Å². The van der Waals surface area contributed by atoms with Gasteiger partial charge in [0.15, 0.2) is 0 Å². The Morgan fingerprint density at radius 1 is 1.07 bits per heavy atom. The molecule has 0 fully saturated rings. The van der Waals surface area contributed by atoms with Crippen molar-refractivity contribution in [2.24, 2.45) is 11.7 Å². The average molecular weight is 405 g/mol. The van der Waals surface area contributed by atoms with Crippen LogP contribution in [0.3, 0.4) is 0 Å². The van der Waals surface area contributed by atoms with Crippen molar-refractivity contribution in [1.82, 2.24) is 0 Å². The third-order valence-electron chi connectivity index (χ3n) is 5.45. The normalized spacial score (nSPS) is 15.6. The first-order valence-corrected chi connectivity index (χ1v) is 10.7. The molecule has 3 aromatic rings. The molecule has 1 heterocycles. The van der Waals surface area contributed by atoms with E-state index in [9.17, 15) is 9.59 Å². The number of hydrogen-bond donors (Lipinski definition) is 2. The van der Waals surface area contributed by atoms with Gasteiger partial charge in [-0.15, -0.1) is 11.3 Å². The molecule has 3 N–H and O–H groups in total. The summed E-state index contributed by atoms with van der Waals surface area (Å²) in [5, 5.41) is 3.51. The molecule has 2 amide bonds. The number of anilines is 1. The first kappa shape index (κ1) is 19.4. The van der Waals surface area contributed by atoms with Crippen molar-refractivity contribution in [3.8, 4) is 0 Å². The van der Waals surface area contributed by atoms with Crippen LogP contribution >= 0.6 is 11.3 Å². The lowest BCUT2D eigenvalue weighted by molar-refractivity contribution is 0.1000. The van der Waals surface area contributed by atoms with Crippen molar-refractivity contribution in [1.29, 1.82) is 0 Å². The molecule has 0 saturated carbocycles. The minimum atomic E-state index is -0.467. The zero-order chi connectivity index (χ0) is 20.4. The minimum absolute atomic E-state index is 0.217. The quantitative estimate of drug-likeness (QED) is 0.640. The Morgan fingerprint density at radius 3 is 2.45 bits per heavy atom. The van der Waals surface area contributed by atoms with Gasteiger partial charge in [0, 0.05) is 10.4 Å². The molecule has 4 nitrogen and oxygen atoms in total. The van der Waals surface area contributed by atoms with Crippen molar-refractivity contribution in [3.05, 3.63) is 87.3 Å². The van der Waals surface area contributed by atoms with Crippen molar-refractivity contribution in [3.63, 3.8) is 0 Å². The lowest BCUT2D eigenvalue weighted by Gasteiger charge is -2.18. The number of nitrogens with one attached hydrogen (secondary N) is 1. The van der Waals surface area contributed by atoms with E-state index < -0.39 is 5.91 Å². The van der Waals surface area contributed by atoms with Crippen LogP contribution in [-0.2, 0) is 19.3 Å². The first-order valence-electron chi connectivity index (χ1n) is 9.90. The summed E-state index contributed by atoms with van der Waals surface area (Å²) in [6, 6.07) is 17.8. The number of fused-ring (bicyclic) bond motifs is 1. The lowest BCUT2D eigenvalue weighted by Crippen LogP contribution is -2.19. The minimum Gasteiger partial charge on any atom is -0.365 e. The summed E-state index contributed by atoms with van der Waals surface area (Å²) in [6.07, 6.45) is 3.64. The van der Waals surface area contributed by atoms with Gasteiger partial charge >= 0.3 is 0 Å². The van der Waals surface area contributed by atoms with Gasteiger partial charge < -0.3 is 11.1 Å². The second-order valence-electron chi connectivity index (χ2n) is 7.73. The molecule has 0 saturated heterocycles. The smallest absolute Gasteiger partial charge is 0.256 e. The number of rotatable bonds is 5. The van der Waals surface area contributed by atoms with Gasteiger partial charge in [0.1, 0.15) is 5.00 Å². The molecule has 1 atom stereocenters. The summed E-state index contributed by atoms with van der Waals surface area (Å²) in [6.45, 7) is 2.21. The summed E-state index contributed by atoms with van der Waals surface area (Å²) >= 11 is 1.49. The molecule has 1 aromatic heterocycles. The molecule has 5 heteroatoms. The van der Waals surface area contributed by atoms with Gasteiger partial charge in [-0.3, -0.25) is 9.59 Å². The number of thiophene rings is 1. The van der Waals surface area contributed by atoms with Gasteiger partial charge in [-0.05, 0) is 60.4 Å². The van der Waals surface area contributed by atoms with Crippen LogP contribution in [0, 0.1) is 5.92 Å². The largest absolute Gasteiger partial charge is 0.365 e. The van der Waals surface area contributed by atoms with Crippen molar-refractivity contribution >= 4 is 28.2 Å². The second-order valence-corrected chi connectivity index (χ2v) is 8.84. The van der Waals surface area contributed by atoms with Crippen molar-refractivity contribution in [2.45, 2.75) is 32.6 Å². The predicted octanol–water partition coefficient (Wildman–Crippen LogP) is 4.81. The fourth-order valence-electron chi connectivity index (χ4n) is 3.88. The number of amides is 2. The number of hydrogen-bond acceptors (Lipinski definition) is 3. The van der Waals surface area contributed by atoms with E-state index in [0.29, 0.717) is 22.0 Å². The molecule has 148 valence electrons. The van der Waals surface area contributed by atoms with Crippen LogP contribution < -0.4 is 11.1 Å². The average Bonchev–Trinajstić information content (AvgIpc) is 3.06. The Morgan fingerprint density at radius 2 is 1.76 bits per heavy atom. The van der Waals surface area contributed by atoms with Crippen molar-refractivity contribution < 1.29 is 9.59 Å². The fraction of sp³-hybridized carbons (Fsp3) is 0.250. The van der Waals surface area contributed by atoms with Crippen LogP contribution in [0.5, 0.6) is 0 Å². The first-order chi connectivity index (χ1) is 14.0. The number of carbonyl (C=O) groups is 2. The molecule has 2 aromatic carbocycles. The lowest BCUT2D eigenvalue weighted by atomic mass is 9.88. The van der Waals surface area contributed by atoms with Crippen molar-refractivity contribution in [2.75, 3.05) is 5.32 Å². The van der Waals surface area contributed by atoms with E-state index >= 15 is 0 Å². The standard InChI is InChI=1S/C24H24N2O2S/c1-15-7-12-19-20(13-15)29-24(21(19)22(25)27)26-23(28)18-10-8-17(9-11-18)14-16-5-3-2-4-6-16/h2-6,8-11,15H,7,12-14H2,1H3,(H2,25,27)(H,26,28)/t15-/m1/s1. The monoisotopic (exact) mass is 404 g/mol. The molecule has 29 heavy (non-hydrogen) atoms. The van der Waals surface area contributed by atoms with E-state index in [1.54, 1.807) is 0 Å². The highest BCUT2D eigenvalue weighted by Gasteiger charge is 2.27. The Bertz CT molecular complexity index is 1040. The third-order valence-corrected chi connectivity index (χ3v) is 6.62. The highest BCUT2D eigenvalue weighted by atomic mass is 32.1. The third kappa shape index (κ3) is 4.25. The maximum Gasteiger partial charge on any atom is 0.256 e. The van der Waals surface area contributed by atoms with E-state index in [-0.39, 0.29) is 5.91 Å². The highest BCUT2D eigenvalue weighted by Crippen LogP contribution is 2.39. The molecular weight excluding hydrogens is 380 g/mol. The maximum absolute atomic E-state index is 12.8. The molecule has 0 aliphatic heterocycles. The Labute approximate surface area is 174 Å². The Balaban J connectivity index is 1.52. The van der Waals surface area contributed by atoms with Gasteiger partial charge in [-0.1, -0.05) is 49.4 Å². The molecule has 0 bridgehead atoms. The summed E-state index contributed by atoms with van der Waals surface area (Å²) in [4.78, 5) is 26.0. The van der Waals surface area contributed by atoms with Crippen LogP contribution in [0.15, 0.2) is 54.6 Å². The van der Waals surface area contributed by atoms with Crippen LogP contribution in [0.2, 0.25) is 0 Å². The fourth-order valence-corrected chi connectivity index (χ4v) is 5.29. The van der Waals surface area contributed by atoms with E-state index in [2.05, 4.69) is 24.4 Å². The number of benzene rings is 2. The molecular formula is C24H24N2O2S. The SMILES string of the molecule is C[C@@H]1CCc2c(sc(NC(=O)c3ccc(Cc4ccccc4)cc3)c2C(N)=O)C1. The van der Waals surface area contributed by atoms with Crippen LogP contribution in [0.4, 0.5) is 5.00 Å². The summed E-state index contributed by atoms with van der Waals surface area (Å²) in [5.41, 5.74) is 10.1. The highest BCUT2D eigenvalue weighted by molar-refractivity contribution is 7.17. The molecule has 1 aliphatic rings. The zero-order valence-corrected chi connectivity index (χ0v) is 17.2. The maximum atomic E-state index is 12.8. The van der Waals surface area contributed by atoms with Gasteiger partial charge in [0.05, 0.1) is 5.56 Å². The molecule has 0 unspecified atom stereocenters. The Kier molecular flexibility index (Phi) is 5.49. The van der Waals surface area contributed by atoms with Gasteiger partial charge in [0.2, 0.25) is 0 Å². The summed E-state index contributed by atoms with van der Waals surface area (Å²) in [7, 11) is 0.